The number of rotatable bonds is 1. The Labute approximate surface area is 122 Å². The molecule has 0 fully saturated rings. The quantitative estimate of drug-likeness (QED) is 0.477. The Hall–Kier alpha value is -2.01. The standard InChI is InChI=1S/C13H8INO4/c1-18-13(17)15-10-7-9-3-2-8(4-5-14)6-11(9)19-12(10)16/h2-3,6-7H,1H3,(H,15,17). The van der Waals surface area contributed by atoms with Gasteiger partial charge in [-0.15, -0.1) is 0 Å². The first-order valence-electron chi connectivity index (χ1n) is 5.18. The van der Waals surface area contributed by atoms with Crippen molar-refractivity contribution in [3.05, 3.63) is 40.2 Å². The molecular formula is C13H8INO4. The van der Waals surface area contributed by atoms with E-state index in [-0.39, 0.29) is 5.69 Å². The summed E-state index contributed by atoms with van der Waals surface area (Å²) in [6.45, 7) is 0. The number of carbonyl (C=O) groups is 1. The van der Waals surface area contributed by atoms with E-state index < -0.39 is 11.7 Å². The van der Waals surface area contributed by atoms with Crippen LogP contribution < -0.4 is 10.9 Å². The highest BCUT2D eigenvalue weighted by atomic mass is 127. The molecule has 1 N–H and O–H groups in total. The van der Waals surface area contributed by atoms with Crippen molar-refractivity contribution in [1.29, 1.82) is 0 Å². The number of nitrogens with one attached hydrogen (secondary N) is 1. The maximum Gasteiger partial charge on any atom is 0.411 e. The lowest BCUT2D eigenvalue weighted by atomic mass is 10.1. The second-order valence-corrected chi connectivity index (χ2v) is 4.08. The first kappa shape index (κ1) is 13.4. The van der Waals surface area contributed by atoms with Crippen LogP contribution in [0.25, 0.3) is 11.0 Å². The van der Waals surface area contributed by atoms with E-state index in [1.807, 2.05) is 22.6 Å². The largest absolute Gasteiger partial charge is 0.453 e. The van der Waals surface area contributed by atoms with Gasteiger partial charge in [0.1, 0.15) is 11.3 Å². The zero-order valence-electron chi connectivity index (χ0n) is 9.82. The predicted octanol–water partition coefficient (Wildman–Crippen LogP) is 2.72. The van der Waals surface area contributed by atoms with Crippen LogP contribution in [-0.4, -0.2) is 13.2 Å². The molecule has 2 rings (SSSR count). The molecule has 0 spiro atoms. The molecule has 1 aromatic heterocycles. The summed E-state index contributed by atoms with van der Waals surface area (Å²) in [5.41, 5.74) is 0.556. The van der Waals surface area contributed by atoms with Crippen LogP contribution in [0.3, 0.4) is 0 Å². The monoisotopic (exact) mass is 369 g/mol. The lowest BCUT2D eigenvalue weighted by Crippen LogP contribution is -2.17. The van der Waals surface area contributed by atoms with Crippen LogP contribution in [0, 0.1) is 9.85 Å². The molecule has 5 nitrogen and oxygen atoms in total. The van der Waals surface area contributed by atoms with Gasteiger partial charge < -0.3 is 9.15 Å². The van der Waals surface area contributed by atoms with Crippen LogP contribution >= 0.6 is 22.6 Å². The fourth-order valence-corrected chi connectivity index (χ4v) is 1.80. The Bertz CT molecular complexity index is 755. The summed E-state index contributed by atoms with van der Waals surface area (Å²) < 4.78 is 12.3. The van der Waals surface area contributed by atoms with Crippen LogP contribution in [0.1, 0.15) is 5.56 Å². The number of hydrogen-bond acceptors (Lipinski definition) is 4. The third-order valence-corrected chi connectivity index (χ3v) is 2.62. The summed E-state index contributed by atoms with van der Waals surface area (Å²) in [4.78, 5) is 22.8. The Kier molecular flexibility index (Phi) is 4.06. The molecule has 1 heterocycles. The first-order chi connectivity index (χ1) is 9.13. The molecule has 0 atom stereocenters. The summed E-state index contributed by atoms with van der Waals surface area (Å²) in [5.74, 6) is 2.86. The van der Waals surface area contributed by atoms with Gasteiger partial charge in [0.2, 0.25) is 0 Å². The average molecular weight is 369 g/mol. The first-order valence-corrected chi connectivity index (χ1v) is 6.26. The van der Waals surface area contributed by atoms with Crippen molar-refractivity contribution in [3.8, 4) is 9.85 Å². The second kappa shape index (κ2) is 5.75. The van der Waals surface area contributed by atoms with Crippen molar-refractivity contribution in [2.24, 2.45) is 0 Å². The fourth-order valence-electron chi connectivity index (χ4n) is 1.49. The number of benzene rings is 1. The highest BCUT2D eigenvalue weighted by Crippen LogP contribution is 2.17. The number of halogens is 1. The molecule has 0 aliphatic carbocycles. The zero-order chi connectivity index (χ0) is 13.8. The molecule has 2 aromatic rings. The van der Waals surface area contributed by atoms with E-state index in [1.165, 1.54) is 13.2 Å². The van der Waals surface area contributed by atoms with E-state index in [2.05, 4.69) is 19.9 Å². The van der Waals surface area contributed by atoms with Gasteiger partial charge in [-0.3, -0.25) is 5.32 Å². The molecule has 6 heteroatoms. The number of ether oxygens (including phenoxy) is 1. The number of fused-ring (bicyclic) bond motifs is 1. The molecule has 1 amide bonds. The topological polar surface area (TPSA) is 68.5 Å². The van der Waals surface area contributed by atoms with E-state index in [0.717, 1.165) is 5.56 Å². The molecule has 19 heavy (non-hydrogen) atoms. The van der Waals surface area contributed by atoms with Crippen LogP contribution in [0.5, 0.6) is 0 Å². The number of amides is 1. The molecule has 0 unspecified atom stereocenters. The number of hydrogen-bond donors (Lipinski definition) is 1. The van der Waals surface area contributed by atoms with Gasteiger partial charge in [-0.2, -0.15) is 0 Å². The van der Waals surface area contributed by atoms with E-state index in [1.54, 1.807) is 18.2 Å². The van der Waals surface area contributed by atoms with Gasteiger partial charge in [-0.05, 0) is 28.2 Å². The Balaban J connectivity index is 2.51. The van der Waals surface area contributed by atoms with Gasteiger partial charge in [-0.25, -0.2) is 9.59 Å². The van der Waals surface area contributed by atoms with Crippen molar-refractivity contribution in [1.82, 2.24) is 0 Å². The Morgan fingerprint density at radius 1 is 1.42 bits per heavy atom. The van der Waals surface area contributed by atoms with E-state index in [4.69, 9.17) is 4.42 Å². The minimum Gasteiger partial charge on any atom is -0.453 e. The highest BCUT2D eigenvalue weighted by Gasteiger charge is 2.09. The zero-order valence-corrected chi connectivity index (χ0v) is 12.0. The summed E-state index contributed by atoms with van der Waals surface area (Å²) in [5, 5.41) is 2.98. The SMILES string of the molecule is COC(=O)Nc1cc2ccc(C#CI)cc2oc1=O. The van der Waals surface area contributed by atoms with E-state index >= 15 is 0 Å². The van der Waals surface area contributed by atoms with Gasteiger partial charge in [0.25, 0.3) is 0 Å². The number of methoxy groups -OCH3 is 1. The number of carbonyl (C=O) groups excluding carboxylic acids is 1. The van der Waals surface area contributed by atoms with Gasteiger partial charge in [0.05, 0.1) is 7.11 Å². The Morgan fingerprint density at radius 2 is 2.21 bits per heavy atom. The van der Waals surface area contributed by atoms with Crippen molar-refractivity contribution in [2.45, 2.75) is 0 Å². The van der Waals surface area contributed by atoms with E-state index in [0.29, 0.717) is 11.0 Å². The lowest BCUT2D eigenvalue weighted by Gasteiger charge is -2.03. The molecule has 0 bridgehead atoms. The second-order valence-electron chi connectivity index (χ2n) is 3.54. The minimum absolute atomic E-state index is 0.0343. The maximum atomic E-state index is 11.7. The highest BCUT2D eigenvalue weighted by molar-refractivity contribution is 14.1. The third-order valence-electron chi connectivity index (χ3n) is 2.35. The van der Waals surface area contributed by atoms with Crippen molar-refractivity contribution in [2.75, 3.05) is 12.4 Å². The molecule has 0 radical (unpaired) electrons. The molecule has 0 aliphatic rings. The summed E-state index contributed by atoms with van der Waals surface area (Å²) in [6, 6.07) is 6.76. The van der Waals surface area contributed by atoms with Gasteiger partial charge in [0, 0.05) is 33.5 Å². The molecule has 0 saturated heterocycles. The summed E-state index contributed by atoms with van der Waals surface area (Å²) >= 11 is 1.93. The maximum absolute atomic E-state index is 11.7. The van der Waals surface area contributed by atoms with Gasteiger partial charge in [-0.1, -0.05) is 5.92 Å². The third kappa shape index (κ3) is 3.06. The molecule has 0 aliphatic heterocycles. The van der Waals surface area contributed by atoms with Gasteiger partial charge in [0.15, 0.2) is 0 Å². The summed E-state index contributed by atoms with van der Waals surface area (Å²) in [7, 11) is 1.22. The fraction of sp³-hybridized carbons (Fsp3) is 0.0769. The number of anilines is 1. The van der Waals surface area contributed by atoms with Crippen molar-refractivity contribution >= 4 is 45.3 Å². The van der Waals surface area contributed by atoms with Crippen molar-refractivity contribution in [3.63, 3.8) is 0 Å². The van der Waals surface area contributed by atoms with Crippen molar-refractivity contribution < 1.29 is 13.9 Å². The molecule has 1 aromatic carbocycles. The predicted molar refractivity (Wildman–Crippen MR) is 79.4 cm³/mol. The summed E-state index contributed by atoms with van der Waals surface area (Å²) in [6.07, 6.45) is -0.723. The van der Waals surface area contributed by atoms with Crippen LogP contribution in [0.2, 0.25) is 0 Å². The van der Waals surface area contributed by atoms with E-state index in [9.17, 15) is 9.59 Å². The van der Waals surface area contributed by atoms with Crippen LogP contribution in [0.4, 0.5) is 10.5 Å². The molecule has 0 saturated carbocycles. The Morgan fingerprint density at radius 3 is 2.89 bits per heavy atom. The normalized spacial score (nSPS) is 9.58. The van der Waals surface area contributed by atoms with Crippen LogP contribution in [-0.2, 0) is 4.74 Å². The van der Waals surface area contributed by atoms with Gasteiger partial charge >= 0.3 is 11.7 Å². The molecule has 96 valence electrons. The smallest absolute Gasteiger partial charge is 0.411 e. The average Bonchev–Trinajstić information content (AvgIpc) is 2.40. The minimum atomic E-state index is -0.723. The molecular weight excluding hydrogens is 361 g/mol. The lowest BCUT2D eigenvalue weighted by molar-refractivity contribution is 0.187. The van der Waals surface area contributed by atoms with Crippen LogP contribution in [0.15, 0.2) is 33.5 Å².